The van der Waals surface area contributed by atoms with E-state index < -0.39 is 0 Å². The highest BCUT2D eigenvalue weighted by molar-refractivity contribution is 7.13. The van der Waals surface area contributed by atoms with Gasteiger partial charge in [0.05, 0.1) is 10.6 Å². The molecule has 0 aliphatic rings. The summed E-state index contributed by atoms with van der Waals surface area (Å²) in [4.78, 5) is 33.7. The molecule has 2 aromatic carbocycles. The van der Waals surface area contributed by atoms with Crippen LogP contribution in [0.1, 0.15) is 35.8 Å². The lowest BCUT2D eigenvalue weighted by Crippen LogP contribution is -2.19. The van der Waals surface area contributed by atoms with Gasteiger partial charge in [-0.1, -0.05) is 62.4 Å². The summed E-state index contributed by atoms with van der Waals surface area (Å²) in [5.41, 5.74) is 3.66. The van der Waals surface area contributed by atoms with Crippen LogP contribution in [-0.4, -0.2) is 25.7 Å². The highest BCUT2D eigenvalue weighted by Gasteiger charge is 2.18. The molecule has 8 heteroatoms. The highest BCUT2D eigenvalue weighted by atomic mass is 32.1. The summed E-state index contributed by atoms with van der Waals surface area (Å²) in [6.07, 6.45) is 0. The zero-order chi connectivity index (χ0) is 24.4. The molecule has 0 atom stereocenters. The van der Waals surface area contributed by atoms with Gasteiger partial charge >= 0.3 is 0 Å². The summed E-state index contributed by atoms with van der Waals surface area (Å²) in [5.74, 6) is 0.434. The van der Waals surface area contributed by atoms with Gasteiger partial charge in [0.2, 0.25) is 5.95 Å². The van der Waals surface area contributed by atoms with Gasteiger partial charge in [0.25, 0.3) is 11.5 Å². The van der Waals surface area contributed by atoms with Crippen LogP contribution in [0.25, 0.3) is 27.6 Å². The zero-order valence-corrected chi connectivity index (χ0v) is 20.0. The van der Waals surface area contributed by atoms with Gasteiger partial charge in [-0.05, 0) is 40.6 Å². The largest absolute Gasteiger partial charge is 0.306 e. The van der Waals surface area contributed by atoms with Gasteiger partial charge in [-0.15, -0.1) is 11.3 Å². The topological polar surface area (TPSA) is 92.7 Å². The molecule has 35 heavy (non-hydrogen) atoms. The quantitative estimate of drug-likeness (QED) is 0.324. The summed E-state index contributed by atoms with van der Waals surface area (Å²) in [6.45, 7) is 3.93. The number of amides is 1. The molecule has 5 aromatic rings. The Labute approximate surface area is 206 Å². The van der Waals surface area contributed by atoms with E-state index >= 15 is 0 Å². The maximum atomic E-state index is 13.1. The van der Waals surface area contributed by atoms with Crippen LogP contribution < -0.4 is 10.9 Å². The first kappa shape index (κ1) is 22.5. The second-order valence-electron chi connectivity index (χ2n) is 8.35. The van der Waals surface area contributed by atoms with Crippen molar-refractivity contribution in [2.75, 3.05) is 5.32 Å². The average molecular weight is 482 g/mol. The number of aromatic nitrogens is 4. The average Bonchev–Trinajstić information content (AvgIpc) is 3.55. The first-order valence-corrected chi connectivity index (χ1v) is 12.1. The maximum Gasteiger partial charge on any atom is 0.256 e. The molecule has 0 aliphatic carbocycles. The van der Waals surface area contributed by atoms with Crippen molar-refractivity contribution in [1.82, 2.24) is 19.7 Å². The lowest BCUT2D eigenvalue weighted by atomic mass is 10.0. The van der Waals surface area contributed by atoms with E-state index in [4.69, 9.17) is 0 Å². The summed E-state index contributed by atoms with van der Waals surface area (Å²) < 4.78 is 1.47. The minimum atomic E-state index is -0.286. The Kier molecular flexibility index (Phi) is 6.12. The maximum absolute atomic E-state index is 13.1. The van der Waals surface area contributed by atoms with Crippen molar-refractivity contribution in [3.63, 3.8) is 0 Å². The Bertz CT molecular complexity index is 1520. The molecule has 3 heterocycles. The van der Waals surface area contributed by atoms with Gasteiger partial charge in [-0.2, -0.15) is 9.78 Å². The molecule has 0 aliphatic heterocycles. The van der Waals surface area contributed by atoms with Gasteiger partial charge in [0.1, 0.15) is 11.5 Å². The number of anilines is 1. The van der Waals surface area contributed by atoms with Crippen molar-refractivity contribution in [3.05, 3.63) is 106 Å². The molecule has 174 valence electrons. The standard InChI is InChI=1S/C27H23N5O2S/c1-17(2)21-16-25(33)30-27(28-21)32-24(15-22(31-32)23-9-6-14-35-23)29-26(34)20-12-10-19(11-13-20)18-7-4-3-5-8-18/h3-17H,1-2H3,(H,29,34)(H,28,30,33). The number of benzene rings is 2. The van der Waals surface area contributed by atoms with E-state index in [0.29, 0.717) is 22.8 Å². The molecule has 0 saturated carbocycles. The van der Waals surface area contributed by atoms with Gasteiger partial charge in [0.15, 0.2) is 0 Å². The summed E-state index contributed by atoms with van der Waals surface area (Å²) >= 11 is 1.54. The normalized spacial score (nSPS) is 11.1. The van der Waals surface area contributed by atoms with Gasteiger partial charge in [-0.25, -0.2) is 4.98 Å². The number of carbonyl (C=O) groups excluding carboxylic acids is 1. The summed E-state index contributed by atoms with van der Waals surface area (Å²) in [5, 5.41) is 9.54. The van der Waals surface area contributed by atoms with Crippen molar-refractivity contribution in [1.29, 1.82) is 0 Å². The van der Waals surface area contributed by atoms with Crippen LogP contribution in [0, 0.1) is 0 Å². The monoisotopic (exact) mass is 481 g/mol. The van der Waals surface area contributed by atoms with E-state index in [-0.39, 0.29) is 23.3 Å². The molecule has 0 radical (unpaired) electrons. The van der Waals surface area contributed by atoms with E-state index in [1.54, 1.807) is 18.2 Å². The first-order valence-electron chi connectivity index (χ1n) is 11.2. The van der Waals surface area contributed by atoms with Crippen molar-refractivity contribution >= 4 is 23.1 Å². The van der Waals surface area contributed by atoms with Crippen LogP contribution >= 0.6 is 11.3 Å². The molecule has 0 saturated heterocycles. The third-order valence-electron chi connectivity index (χ3n) is 5.52. The fourth-order valence-corrected chi connectivity index (χ4v) is 4.35. The van der Waals surface area contributed by atoms with Gasteiger partial charge < -0.3 is 5.32 Å². The predicted molar refractivity (Wildman–Crippen MR) is 139 cm³/mol. The van der Waals surface area contributed by atoms with E-state index in [0.717, 1.165) is 16.0 Å². The van der Waals surface area contributed by atoms with Crippen molar-refractivity contribution in [2.24, 2.45) is 0 Å². The second-order valence-corrected chi connectivity index (χ2v) is 9.30. The number of nitrogens with one attached hydrogen (secondary N) is 2. The Morgan fingerprint density at radius 1 is 0.971 bits per heavy atom. The molecule has 5 rings (SSSR count). The van der Waals surface area contributed by atoms with Crippen molar-refractivity contribution in [2.45, 2.75) is 19.8 Å². The molecular formula is C27H23N5O2S. The second kappa shape index (κ2) is 9.52. The van der Waals surface area contributed by atoms with E-state index in [1.165, 1.54) is 22.1 Å². The van der Waals surface area contributed by atoms with Gasteiger partial charge in [-0.3, -0.25) is 14.6 Å². The Balaban J connectivity index is 1.49. The molecule has 1 amide bonds. The van der Waals surface area contributed by atoms with E-state index in [9.17, 15) is 9.59 Å². The molecule has 3 aromatic heterocycles. The van der Waals surface area contributed by atoms with Crippen LogP contribution in [-0.2, 0) is 0 Å². The zero-order valence-electron chi connectivity index (χ0n) is 19.2. The molecule has 2 N–H and O–H groups in total. The molecule has 0 spiro atoms. The third kappa shape index (κ3) is 4.83. The number of nitrogens with zero attached hydrogens (tertiary/aromatic N) is 3. The summed E-state index contributed by atoms with van der Waals surface area (Å²) in [7, 11) is 0. The number of thiophene rings is 1. The predicted octanol–water partition coefficient (Wildman–Crippen LogP) is 5.73. The number of hydrogen-bond donors (Lipinski definition) is 2. The number of hydrogen-bond acceptors (Lipinski definition) is 5. The fourth-order valence-electron chi connectivity index (χ4n) is 3.67. The van der Waals surface area contributed by atoms with Crippen LogP contribution in [0.2, 0.25) is 0 Å². The van der Waals surface area contributed by atoms with E-state index in [1.807, 2.05) is 73.8 Å². The Morgan fingerprint density at radius 3 is 2.40 bits per heavy atom. The Hall–Kier alpha value is -4.30. The van der Waals surface area contributed by atoms with Crippen LogP contribution in [0.3, 0.4) is 0 Å². The van der Waals surface area contributed by atoms with Crippen LogP contribution in [0.5, 0.6) is 0 Å². The number of aromatic amines is 1. The third-order valence-corrected chi connectivity index (χ3v) is 6.41. The SMILES string of the molecule is CC(C)c1cc(=O)[nH]c(-n2nc(-c3cccs3)cc2NC(=O)c2ccc(-c3ccccc3)cc2)n1. The molecule has 0 bridgehead atoms. The highest BCUT2D eigenvalue weighted by Crippen LogP contribution is 2.28. The molecule has 0 fully saturated rings. The van der Waals surface area contributed by atoms with Crippen LogP contribution in [0.15, 0.2) is 89.0 Å². The summed E-state index contributed by atoms with van der Waals surface area (Å²) in [6, 6.07) is 24.6. The molecular weight excluding hydrogens is 458 g/mol. The minimum Gasteiger partial charge on any atom is -0.306 e. The van der Waals surface area contributed by atoms with Gasteiger partial charge in [0, 0.05) is 17.7 Å². The van der Waals surface area contributed by atoms with Crippen molar-refractivity contribution in [3.8, 4) is 27.6 Å². The smallest absolute Gasteiger partial charge is 0.256 e. The number of carbonyl (C=O) groups is 1. The first-order chi connectivity index (χ1) is 17.0. The molecule has 0 unspecified atom stereocenters. The minimum absolute atomic E-state index is 0.0598. The lowest BCUT2D eigenvalue weighted by Gasteiger charge is -2.10. The fraction of sp³-hybridized carbons (Fsp3) is 0.111. The number of H-pyrrole nitrogens is 1. The van der Waals surface area contributed by atoms with E-state index in [2.05, 4.69) is 20.4 Å². The number of rotatable bonds is 6. The molecule has 7 nitrogen and oxygen atoms in total. The Morgan fingerprint density at radius 2 is 1.71 bits per heavy atom. The van der Waals surface area contributed by atoms with Crippen molar-refractivity contribution < 1.29 is 4.79 Å². The van der Waals surface area contributed by atoms with Crippen LogP contribution in [0.4, 0.5) is 5.82 Å². The lowest BCUT2D eigenvalue weighted by molar-refractivity contribution is 0.102.